The quantitative estimate of drug-likeness (QED) is 0.801. The number of hydrogen-bond acceptors (Lipinski definition) is 2. The van der Waals surface area contributed by atoms with Crippen molar-refractivity contribution in [1.29, 1.82) is 0 Å². The van der Waals surface area contributed by atoms with E-state index in [1.165, 1.54) is 5.56 Å². The van der Waals surface area contributed by atoms with E-state index >= 15 is 0 Å². The Morgan fingerprint density at radius 2 is 1.90 bits per heavy atom. The minimum absolute atomic E-state index is 0.315. The van der Waals surface area contributed by atoms with Gasteiger partial charge in [-0.25, -0.2) is 0 Å². The topological polar surface area (TPSA) is 32.3 Å². The Balaban J connectivity index is 1.62. The minimum atomic E-state index is 0.315. The van der Waals surface area contributed by atoms with Gasteiger partial charge < -0.3 is 10.4 Å². The number of anilines is 1. The van der Waals surface area contributed by atoms with Gasteiger partial charge in [0.1, 0.15) is 5.75 Å². The molecule has 0 aromatic heterocycles. The van der Waals surface area contributed by atoms with Crippen LogP contribution < -0.4 is 5.32 Å². The van der Waals surface area contributed by atoms with E-state index in [-0.39, 0.29) is 0 Å². The van der Waals surface area contributed by atoms with Crippen molar-refractivity contribution in [3.05, 3.63) is 58.6 Å². The average molecular weight is 288 g/mol. The van der Waals surface area contributed by atoms with Crippen molar-refractivity contribution in [2.24, 2.45) is 0 Å². The molecular formula is C17H18ClNO. The molecule has 1 saturated carbocycles. The molecule has 1 fully saturated rings. The van der Waals surface area contributed by atoms with E-state index in [1.807, 2.05) is 31.2 Å². The molecule has 1 aliphatic carbocycles. The summed E-state index contributed by atoms with van der Waals surface area (Å²) in [5, 5.41) is 13.8. The highest BCUT2D eigenvalue weighted by molar-refractivity contribution is 6.31. The molecule has 0 bridgehead atoms. The van der Waals surface area contributed by atoms with Crippen molar-refractivity contribution in [1.82, 2.24) is 0 Å². The number of phenolic OH excluding ortho intramolecular Hbond substituents is 1. The minimum Gasteiger partial charge on any atom is -0.508 e. The van der Waals surface area contributed by atoms with Crippen molar-refractivity contribution in [3.8, 4) is 5.75 Å². The Labute approximate surface area is 124 Å². The van der Waals surface area contributed by atoms with Crippen LogP contribution in [0.2, 0.25) is 5.02 Å². The fraction of sp³-hybridized carbons (Fsp3) is 0.294. The van der Waals surface area contributed by atoms with Crippen molar-refractivity contribution in [3.63, 3.8) is 0 Å². The molecule has 104 valence electrons. The van der Waals surface area contributed by atoms with Crippen LogP contribution in [0.4, 0.5) is 5.69 Å². The molecule has 0 unspecified atom stereocenters. The second-order valence-corrected chi connectivity index (χ2v) is 5.94. The van der Waals surface area contributed by atoms with Gasteiger partial charge in [-0.2, -0.15) is 0 Å². The molecule has 2 aromatic rings. The van der Waals surface area contributed by atoms with E-state index in [1.54, 1.807) is 12.1 Å². The fourth-order valence-corrected chi connectivity index (χ4v) is 3.12. The number of rotatable bonds is 3. The van der Waals surface area contributed by atoms with Gasteiger partial charge in [-0.05, 0) is 61.1 Å². The number of halogens is 1. The Kier molecular flexibility index (Phi) is 3.58. The smallest absolute Gasteiger partial charge is 0.115 e. The standard InChI is InChI=1S/C17H18ClNO/c1-11-8-14(20)6-7-17(11)19-13-9-12(10-13)15-4-2-3-5-16(15)18/h2-8,12-13,19-20H,9-10H2,1H3. The third-order valence-electron chi connectivity index (χ3n) is 4.05. The summed E-state index contributed by atoms with van der Waals surface area (Å²) >= 11 is 6.23. The number of benzene rings is 2. The Morgan fingerprint density at radius 1 is 1.15 bits per heavy atom. The Bertz CT molecular complexity index is 620. The van der Waals surface area contributed by atoms with Gasteiger partial charge in [0.2, 0.25) is 0 Å². The molecule has 2 aromatic carbocycles. The zero-order chi connectivity index (χ0) is 14.1. The van der Waals surface area contributed by atoms with E-state index in [4.69, 9.17) is 11.6 Å². The molecule has 0 atom stereocenters. The molecule has 1 aliphatic rings. The molecule has 0 aliphatic heterocycles. The zero-order valence-corrected chi connectivity index (χ0v) is 12.2. The predicted molar refractivity (Wildman–Crippen MR) is 83.7 cm³/mol. The van der Waals surface area contributed by atoms with E-state index in [0.29, 0.717) is 17.7 Å². The largest absolute Gasteiger partial charge is 0.508 e. The third kappa shape index (κ3) is 2.61. The van der Waals surface area contributed by atoms with E-state index in [0.717, 1.165) is 29.1 Å². The lowest BCUT2D eigenvalue weighted by Gasteiger charge is -2.37. The first-order valence-electron chi connectivity index (χ1n) is 6.94. The van der Waals surface area contributed by atoms with Crippen molar-refractivity contribution < 1.29 is 5.11 Å². The maximum absolute atomic E-state index is 9.42. The molecule has 0 radical (unpaired) electrons. The molecule has 2 nitrogen and oxygen atoms in total. The van der Waals surface area contributed by atoms with Crippen LogP contribution in [0, 0.1) is 6.92 Å². The fourth-order valence-electron chi connectivity index (χ4n) is 2.83. The number of nitrogens with one attached hydrogen (secondary N) is 1. The Hall–Kier alpha value is -1.67. The second-order valence-electron chi connectivity index (χ2n) is 5.53. The summed E-state index contributed by atoms with van der Waals surface area (Å²) < 4.78 is 0. The molecule has 0 saturated heterocycles. The lowest BCUT2D eigenvalue weighted by molar-refractivity contribution is 0.374. The number of phenols is 1. The average Bonchev–Trinajstić information content (AvgIpc) is 2.37. The van der Waals surface area contributed by atoms with Crippen LogP contribution in [0.5, 0.6) is 5.75 Å². The maximum Gasteiger partial charge on any atom is 0.115 e. The highest BCUT2D eigenvalue weighted by Gasteiger charge is 2.31. The van der Waals surface area contributed by atoms with Gasteiger partial charge in [0, 0.05) is 16.8 Å². The van der Waals surface area contributed by atoms with Crippen LogP contribution >= 0.6 is 11.6 Å². The van der Waals surface area contributed by atoms with Gasteiger partial charge in [0.25, 0.3) is 0 Å². The number of aromatic hydroxyl groups is 1. The van der Waals surface area contributed by atoms with Gasteiger partial charge in [-0.1, -0.05) is 29.8 Å². The summed E-state index contributed by atoms with van der Waals surface area (Å²) in [6, 6.07) is 14.0. The summed E-state index contributed by atoms with van der Waals surface area (Å²) in [6.45, 7) is 2.01. The summed E-state index contributed by atoms with van der Waals surface area (Å²) in [5.74, 6) is 0.870. The van der Waals surface area contributed by atoms with E-state index < -0.39 is 0 Å². The second kappa shape index (κ2) is 5.37. The summed E-state index contributed by atoms with van der Waals surface area (Å²) in [4.78, 5) is 0. The first-order chi connectivity index (χ1) is 9.63. The molecule has 0 amide bonds. The highest BCUT2D eigenvalue weighted by Crippen LogP contribution is 2.41. The van der Waals surface area contributed by atoms with Crippen LogP contribution in [-0.4, -0.2) is 11.1 Å². The number of hydrogen-bond donors (Lipinski definition) is 2. The van der Waals surface area contributed by atoms with Gasteiger partial charge in [0.15, 0.2) is 0 Å². The first kappa shape index (κ1) is 13.3. The van der Waals surface area contributed by atoms with Crippen LogP contribution in [-0.2, 0) is 0 Å². The normalized spacial score (nSPS) is 21.3. The third-order valence-corrected chi connectivity index (χ3v) is 4.40. The molecule has 0 spiro atoms. The van der Waals surface area contributed by atoms with Crippen LogP contribution in [0.25, 0.3) is 0 Å². The predicted octanol–water partition coefficient (Wildman–Crippen LogP) is 4.71. The van der Waals surface area contributed by atoms with Crippen molar-refractivity contribution >= 4 is 17.3 Å². The Morgan fingerprint density at radius 3 is 2.60 bits per heavy atom. The van der Waals surface area contributed by atoms with Crippen LogP contribution in [0.3, 0.4) is 0 Å². The van der Waals surface area contributed by atoms with E-state index in [9.17, 15) is 5.11 Å². The molecule has 3 heteroatoms. The first-order valence-corrected chi connectivity index (χ1v) is 7.32. The molecule has 20 heavy (non-hydrogen) atoms. The molecule has 2 N–H and O–H groups in total. The summed E-state index contributed by atoms with van der Waals surface area (Å²) in [5.41, 5.74) is 3.44. The van der Waals surface area contributed by atoms with Gasteiger partial charge in [-0.3, -0.25) is 0 Å². The van der Waals surface area contributed by atoms with Gasteiger partial charge in [0.05, 0.1) is 0 Å². The molecular weight excluding hydrogens is 270 g/mol. The van der Waals surface area contributed by atoms with Crippen molar-refractivity contribution in [2.75, 3.05) is 5.32 Å². The van der Waals surface area contributed by atoms with Gasteiger partial charge in [-0.15, -0.1) is 0 Å². The highest BCUT2D eigenvalue weighted by atomic mass is 35.5. The lowest BCUT2D eigenvalue weighted by atomic mass is 9.75. The maximum atomic E-state index is 9.42. The zero-order valence-electron chi connectivity index (χ0n) is 11.4. The molecule has 3 rings (SSSR count). The van der Waals surface area contributed by atoms with Crippen LogP contribution in [0.1, 0.15) is 29.9 Å². The SMILES string of the molecule is Cc1cc(O)ccc1NC1CC(c2ccccc2Cl)C1. The van der Waals surface area contributed by atoms with Crippen LogP contribution in [0.15, 0.2) is 42.5 Å². The van der Waals surface area contributed by atoms with Gasteiger partial charge >= 0.3 is 0 Å². The lowest BCUT2D eigenvalue weighted by Crippen LogP contribution is -2.34. The van der Waals surface area contributed by atoms with E-state index in [2.05, 4.69) is 11.4 Å². The summed E-state index contributed by atoms with van der Waals surface area (Å²) in [6.07, 6.45) is 2.20. The monoisotopic (exact) mass is 287 g/mol. The molecule has 0 heterocycles. The van der Waals surface area contributed by atoms with Crippen molar-refractivity contribution in [2.45, 2.75) is 31.7 Å². The number of aryl methyl sites for hydroxylation is 1. The summed E-state index contributed by atoms with van der Waals surface area (Å²) in [7, 11) is 0.